The second kappa shape index (κ2) is 10.2. The van der Waals surface area contributed by atoms with Gasteiger partial charge < -0.3 is 30.0 Å². The van der Waals surface area contributed by atoms with Crippen LogP contribution >= 0.6 is 0 Å². The molecule has 0 saturated heterocycles. The Kier molecular flexibility index (Phi) is 7.17. The molecule has 2 heterocycles. The lowest BCUT2D eigenvalue weighted by atomic mass is 10.2. The number of nitrogens with zero attached hydrogens (tertiary/aromatic N) is 4. The summed E-state index contributed by atoms with van der Waals surface area (Å²) in [5.41, 5.74) is 1.45. The minimum Gasteiger partial charge on any atom is -0.493 e. The van der Waals surface area contributed by atoms with Crippen molar-refractivity contribution in [1.82, 2.24) is 19.9 Å². The molecule has 1 aromatic carbocycles. The van der Waals surface area contributed by atoms with E-state index in [1.807, 2.05) is 12.1 Å². The molecule has 3 aromatic rings. The third-order valence-electron chi connectivity index (χ3n) is 4.15. The maximum absolute atomic E-state index is 8.91. The molecule has 0 saturated carbocycles. The number of anilines is 3. The lowest BCUT2D eigenvalue weighted by Gasteiger charge is -2.14. The van der Waals surface area contributed by atoms with Gasteiger partial charge >= 0.3 is 0 Å². The zero-order valence-electron chi connectivity index (χ0n) is 17.0. The van der Waals surface area contributed by atoms with E-state index in [1.165, 1.54) is 6.33 Å². The van der Waals surface area contributed by atoms with Crippen LogP contribution in [0.3, 0.4) is 0 Å². The van der Waals surface area contributed by atoms with Gasteiger partial charge in [0, 0.05) is 42.7 Å². The number of hydrogen-bond acceptors (Lipinski definition) is 10. The molecule has 2 aromatic heterocycles. The van der Waals surface area contributed by atoms with E-state index < -0.39 is 0 Å². The molecule has 0 amide bonds. The highest BCUT2D eigenvalue weighted by Gasteiger charge is 2.14. The number of aromatic nitrogens is 4. The van der Waals surface area contributed by atoms with Gasteiger partial charge in [0.2, 0.25) is 11.7 Å². The van der Waals surface area contributed by atoms with E-state index in [0.717, 1.165) is 5.56 Å². The Morgan fingerprint density at radius 2 is 1.73 bits per heavy atom. The predicted molar refractivity (Wildman–Crippen MR) is 113 cm³/mol. The standard InChI is InChI=1S/C20H24N6O4/c1-28-15-10-14(11-16(29-2)18(15)30-3)25-20-24-12-23-19(26-20)13-5-7-22-17(9-13)21-6-4-8-27/h5,7,9-12,27H,4,6,8H2,1-3H3,(H,21,22)(H,23,24,25,26). The SMILES string of the molecule is COc1cc(Nc2ncnc(-c3ccnc(NCCCO)c3)n2)cc(OC)c1OC. The fourth-order valence-electron chi connectivity index (χ4n) is 2.74. The minimum atomic E-state index is 0.121. The van der Waals surface area contributed by atoms with Crippen LogP contribution in [0.4, 0.5) is 17.5 Å². The summed E-state index contributed by atoms with van der Waals surface area (Å²) in [7, 11) is 4.66. The number of pyridine rings is 1. The predicted octanol–water partition coefficient (Wildman–Crippen LogP) is 2.50. The summed E-state index contributed by atoms with van der Waals surface area (Å²) < 4.78 is 16.1. The first-order valence-corrected chi connectivity index (χ1v) is 9.25. The number of aliphatic hydroxyl groups excluding tert-OH is 1. The topological polar surface area (TPSA) is 124 Å². The lowest BCUT2D eigenvalue weighted by molar-refractivity contribution is 0.292. The first-order chi connectivity index (χ1) is 14.7. The van der Waals surface area contributed by atoms with Gasteiger partial charge in [-0.15, -0.1) is 0 Å². The first kappa shape index (κ1) is 21.1. The highest BCUT2D eigenvalue weighted by atomic mass is 16.5. The fraction of sp³-hybridized carbons (Fsp3) is 0.300. The van der Waals surface area contributed by atoms with E-state index in [4.69, 9.17) is 19.3 Å². The van der Waals surface area contributed by atoms with Gasteiger partial charge in [0.05, 0.1) is 21.3 Å². The Morgan fingerprint density at radius 3 is 2.40 bits per heavy atom. The molecule has 10 heteroatoms. The number of hydrogen-bond donors (Lipinski definition) is 3. The molecule has 3 rings (SSSR count). The van der Waals surface area contributed by atoms with Crippen LogP contribution in [0.15, 0.2) is 36.8 Å². The molecule has 0 radical (unpaired) electrons. The van der Waals surface area contributed by atoms with Gasteiger partial charge in [0.25, 0.3) is 0 Å². The van der Waals surface area contributed by atoms with Crippen molar-refractivity contribution in [2.45, 2.75) is 6.42 Å². The highest BCUT2D eigenvalue weighted by molar-refractivity contribution is 5.66. The molecular formula is C20H24N6O4. The molecule has 30 heavy (non-hydrogen) atoms. The van der Waals surface area contributed by atoms with Gasteiger partial charge in [-0.25, -0.2) is 15.0 Å². The van der Waals surface area contributed by atoms with Crippen LogP contribution in [0.5, 0.6) is 17.2 Å². The summed E-state index contributed by atoms with van der Waals surface area (Å²) >= 11 is 0. The van der Waals surface area contributed by atoms with E-state index in [9.17, 15) is 0 Å². The molecule has 158 valence electrons. The van der Waals surface area contributed by atoms with Crippen molar-refractivity contribution in [3.05, 3.63) is 36.8 Å². The van der Waals surface area contributed by atoms with Gasteiger partial charge in [-0.05, 0) is 18.6 Å². The van der Waals surface area contributed by atoms with Gasteiger partial charge in [0.1, 0.15) is 12.1 Å². The number of methoxy groups -OCH3 is 3. The van der Waals surface area contributed by atoms with Crippen molar-refractivity contribution >= 4 is 17.5 Å². The second-order valence-corrected chi connectivity index (χ2v) is 6.11. The molecular weight excluding hydrogens is 388 g/mol. The van der Waals surface area contributed by atoms with Crippen molar-refractivity contribution < 1.29 is 19.3 Å². The average Bonchev–Trinajstić information content (AvgIpc) is 2.79. The molecule has 0 spiro atoms. The van der Waals surface area contributed by atoms with Crippen LogP contribution in [-0.4, -0.2) is 59.5 Å². The number of rotatable bonds is 10. The molecule has 10 nitrogen and oxygen atoms in total. The van der Waals surface area contributed by atoms with Crippen LogP contribution < -0.4 is 24.8 Å². The van der Waals surface area contributed by atoms with Crippen molar-refractivity contribution in [2.24, 2.45) is 0 Å². The Hall–Kier alpha value is -3.66. The number of aliphatic hydroxyl groups is 1. The minimum absolute atomic E-state index is 0.121. The maximum Gasteiger partial charge on any atom is 0.230 e. The summed E-state index contributed by atoms with van der Waals surface area (Å²) in [6.07, 6.45) is 3.75. The monoisotopic (exact) mass is 412 g/mol. The highest BCUT2D eigenvalue weighted by Crippen LogP contribution is 2.40. The maximum atomic E-state index is 8.91. The lowest BCUT2D eigenvalue weighted by Crippen LogP contribution is -2.05. The summed E-state index contributed by atoms with van der Waals surface area (Å²) in [6, 6.07) is 7.19. The Morgan fingerprint density at radius 1 is 0.967 bits per heavy atom. The summed E-state index contributed by atoms with van der Waals surface area (Å²) in [5.74, 6) is 3.07. The van der Waals surface area contributed by atoms with Crippen molar-refractivity contribution in [1.29, 1.82) is 0 Å². The van der Waals surface area contributed by atoms with Crippen molar-refractivity contribution in [3.8, 4) is 28.6 Å². The Bertz CT molecular complexity index is 960. The zero-order chi connectivity index (χ0) is 21.3. The molecule has 0 aliphatic rings. The van der Waals surface area contributed by atoms with Gasteiger partial charge in [0.15, 0.2) is 17.3 Å². The Balaban J connectivity index is 1.84. The third-order valence-corrected chi connectivity index (χ3v) is 4.15. The van der Waals surface area contributed by atoms with Crippen LogP contribution in [0.25, 0.3) is 11.4 Å². The molecule has 0 atom stereocenters. The van der Waals surface area contributed by atoms with E-state index in [1.54, 1.807) is 39.7 Å². The third kappa shape index (κ3) is 5.03. The molecule has 0 fully saturated rings. The van der Waals surface area contributed by atoms with E-state index in [-0.39, 0.29) is 6.61 Å². The fourth-order valence-corrected chi connectivity index (χ4v) is 2.74. The van der Waals surface area contributed by atoms with E-state index in [2.05, 4.69) is 30.6 Å². The molecule has 3 N–H and O–H groups in total. The van der Waals surface area contributed by atoms with Gasteiger partial charge in [-0.2, -0.15) is 4.98 Å². The summed E-state index contributed by atoms with van der Waals surface area (Å²) in [5, 5.41) is 15.2. The summed E-state index contributed by atoms with van der Waals surface area (Å²) in [4.78, 5) is 17.2. The number of ether oxygens (including phenoxy) is 3. The summed E-state index contributed by atoms with van der Waals surface area (Å²) in [6.45, 7) is 0.744. The van der Waals surface area contributed by atoms with Crippen LogP contribution in [0.1, 0.15) is 6.42 Å². The smallest absolute Gasteiger partial charge is 0.230 e. The molecule has 0 aliphatic heterocycles. The molecule has 0 aliphatic carbocycles. The quantitative estimate of drug-likeness (QED) is 0.428. The van der Waals surface area contributed by atoms with Crippen molar-refractivity contribution in [3.63, 3.8) is 0 Å². The number of nitrogens with one attached hydrogen (secondary N) is 2. The normalized spacial score (nSPS) is 10.4. The van der Waals surface area contributed by atoms with E-state index >= 15 is 0 Å². The average molecular weight is 412 g/mol. The number of benzene rings is 1. The van der Waals surface area contributed by atoms with Crippen LogP contribution in [0.2, 0.25) is 0 Å². The van der Waals surface area contributed by atoms with Gasteiger partial charge in [-0.1, -0.05) is 0 Å². The largest absolute Gasteiger partial charge is 0.493 e. The van der Waals surface area contributed by atoms with Crippen molar-refractivity contribution in [2.75, 3.05) is 45.1 Å². The molecule has 0 bridgehead atoms. The van der Waals surface area contributed by atoms with E-state index in [0.29, 0.717) is 53.5 Å². The van der Waals surface area contributed by atoms with Crippen LogP contribution in [0, 0.1) is 0 Å². The Labute approximate surface area is 174 Å². The van der Waals surface area contributed by atoms with Crippen LogP contribution in [-0.2, 0) is 0 Å². The zero-order valence-corrected chi connectivity index (χ0v) is 17.0. The molecule has 0 unspecified atom stereocenters. The first-order valence-electron chi connectivity index (χ1n) is 9.25. The van der Waals surface area contributed by atoms with Gasteiger partial charge in [-0.3, -0.25) is 0 Å². The second-order valence-electron chi connectivity index (χ2n) is 6.11.